The van der Waals surface area contributed by atoms with E-state index in [1.807, 2.05) is 12.1 Å². The molecule has 0 heterocycles. The molecule has 0 aliphatic carbocycles. The van der Waals surface area contributed by atoms with Gasteiger partial charge in [-0.3, -0.25) is 4.55 Å². The lowest BCUT2D eigenvalue weighted by Gasteiger charge is -2.39. The Hall–Kier alpha value is -0.870. The van der Waals surface area contributed by atoms with Gasteiger partial charge in [-0.15, -0.1) is 0 Å². The van der Waals surface area contributed by atoms with Crippen molar-refractivity contribution in [2.75, 3.05) is 0 Å². The van der Waals surface area contributed by atoms with E-state index in [1.54, 1.807) is 0 Å². The molecule has 0 fully saturated rings. The summed E-state index contributed by atoms with van der Waals surface area (Å²) in [5.41, 5.74) is 1.51. The summed E-state index contributed by atoms with van der Waals surface area (Å²) in [5, 5.41) is 0. The van der Waals surface area contributed by atoms with E-state index in [9.17, 15) is 8.42 Å². The zero-order valence-electron chi connectivity index (χ0n) is 14.7. The number of rotatable bonds is 7. The van der Waals surface area contributed by atoms with Crippen LogP contribution in [0.2, 0.25) is 0 Å². The molecule has 0 radical (unpaired) electrons. The van der Waals surface area contributed by atoms with E-state index in [4.69, 9.17) is 4.55 Å². The second kappa shape index (κ2) is 6.71. The Morgan fingerprint density at radius 1 is 1.00 bits per heavy atom. The number of benzene rings is 1. The summed E-state index contributed by atoms with van der Waals surface area (Å²) in [6, 6.07) is 6.69. The minimum Gasteiger partial charge on any atom is -0.282 e. The maximum Gasteiger partial charge on any atom is 0.294 e. The Morgan fingerprint density at radius 3 is 1.86 bits per heavy atom. The molecule has 0 aromatic heterocycles. The maximum atomic E-state index is 11.2. The van der Waals surface area contributed by atoms with Crippen LogP contribution >= 0.6 is 0 Å². The minimum absolute atomic E-state index is 0.0425. The third-order valence-electron chi connectivity index (χ3n) is 5.15. The van der Waals surface area contributed by atoms with Gasteiger partial charge in [0.25, 0.3) is 10.1 Å². The van der Waals surface area contributed by atoms with E-state index < -0.39 is 10.1 Å². The van der Waals surface area contributed by atoms with Gasteiger partial charge in [0.2, 0.25) is 0 Å². The quantitative estimate of drug-likeness (QED) is 0.694. The molecule has 126 valence electrons. The summed E-state index contributed by atoms with van der Waals surface area (Å²) >= 11 is 0. The van der Waals surface area contributed by atoms with Crippen molar-refractivity contribution >= 4 is 10.1 Å². The molecule has 0 bridgehead atoms. The lowest BCUT2D eigenvalue weighted by molar-refractivity contribution is 0.188. The largest absolute Gasteiger partial charge is 0.294 e. The SMILES string of the molecule is CCC(C)(C)CC(c1ccc(S(=O)(=O)O)cc1)C(C)(C)CC. The molecule has 3 nitrogen and oxygen atoms in total. The summed E-state index contributed by atoms with van der Waals surface area (Å²) in [7, 11) is -4.13. The molecule has 0 spiro atoms. The van der Waals surface area contributed by atoms with E-state index in [-0.39, 0.29) is 15.7 Å². The first kappa shape index (κ1) is 19.2. The van der Waals surface area contributed by atoms with Gasteiger partial charge < -0.3 is 0 Å². The van der Waals surface area contributed by atoms with Crippen LogP contribution in [0.15, 0.2) is 29.2 Å². The molecule has 1 atom stereocenters. The van der Waals surface area contributed by atoms with E-state index >= 15 is 0 Å². The monoisotopic (exact) mass is 326 g/mol. The van der Waals surface area contributed by atoms with E-state index in [0.717, 1.165) is 24.8 Å². The Morgan fingerprint density at radius 2 is 1.50 bits per heavy atom. The van der Waals surface area contributed by atoms with Gasteiger partial charge in [-0.1, -0.05) is 66.5 Å². The van der Waals surface area contributed by atoms with Gasteiger partial charge in [0, 0.05) is 0 Å². The fourth-order valence-corrected chi connectivity index (χ4v) is 3.14. The van der Waals surface area contributed by atoms with Gasteiger partial charge in [0.15, 0.2) is 0 Å². The van der Waals surface area contributed by atoms with E-state index in [0.29, 0.717) is 5.92 Å². The normalized spacial score (nSPS) is 14.9. The maximum absolute atomic E-state index is 11.2. The second-order valence-electron chi connectivity index (χ2n) is 7.66. The molecule has 1 aromatic carbocycles. The van der Waals surface area contributed by atoms with Crippen molar-refractivity contribution in [2.45, 2.75) is 71.6 Å². The van der Waals surface area contributed by atoms with Crippen LogP contribution < -0.4 is 0 Å². The summed E-state index contributed by atoms with van der Waals surface area (Å²) < 4.78 is 31.5. The molecule has 0 aliphatic rings. The van der Waals surface area contributed by atoms with Crippen molar-refractivity contribution < 1.29 is 13.0 Å². The molecule has 22 heavy (non-hydrogen) atoms. The van der Waals surface area contributed by atoms with Gasteiger partial charge in [0.1, 0.15) is 0 Å². The van der Waals surface area contributed by atoms with Gasteiger partial charge in [-0.05, 0) is 40.9 Å². The summed E-state index contributed by atoms with van der Waals surface area (Å²) in [6.45, 7) is 13.5. The second-order valence-corrected chi connectivity index (χ2v) is 9.08. The Labute approximate surface area is 135 Å². The molecule has 0 aliphatic heterocycles. The van der Waals surface area contributed by atoms with E-state index in [1.165, 1.54) is 12.1 Å². The van der Waals surface area contributed by atoms with Gasteiger partial charge in [-0.2, -0.15) is 8.42 Å². The molecule has 0 saturated heterocycles. The molecule has 1 aromatic rings. The highest BCUT2D eigenvalue weighted by atomic mass is 32.2. The summed E-state index contributed by atoms with van der Waals surface area (Å²) in [4.78, 5) is -0.0425. The fourth-order valence-electron chi connectivity index (χ4n) is 2.66. The molecule has 1 unspecified atom stereocenters. The van der Waals surface area contributed by atoms with Crippen LogP contribution in [0.5, 0.6) is 0 Å². The summed E-state index contributed by atoms with van der Waals surface area (Å²) in [5.74, 6) is 0.350. The van der Waals surface area contributed by atoms with Gasteiger partial charge in [-0.25, -0.2) is 0 Å². The number of hydrogen-bond donors (Lipinski definition) is 1. The lowest BCUT2D eigenvalue weighted by atomic mass is 9.66. The topological polar surface area (TPSA) is 54.4 Å². The van der Waals surface area contributed by atoms with Crippen molar-refractivity contribution in [3.8, 4) is 0 Å². The first-order chi connectivity index (χ1) is 9.93. The van der Waals surface area contributed by atoms with Gasteiger partial charge >= 0.3 is 0 Å². The van der Waals surface area contributed by atoms with Crippen LogP contribution in [0.25, 0.3) is 0 Å². The third kappa shape index (κ3) is 4.82. The van der Waals surface area contributed by atoms with Crippen LogP contribution in [0.3, 0.4) is 0 Å². The summed E-state index contributed by atoms with van der Waals surface area (Å²) in [6.07, 6.45) is 3.21. The van der Waals surface area contributed by atoms with Crippen LogP contribution in [-0.2, 0) is 10.1 Å². The third-order valence-corrected chi connectivity index (χ3v) is 6.02. The minimum atomic E-state index is -4.13. The average molecular weight is 327 g/mol. The molecule has 1 rings (SSSR count). The average Bonchev–Trinajstić information content (AvgIpc) is 2.44. The van der Waals surface area contributed by atoms with Crippen LogP contribution in [0.1, 0.15) is 72.3 Å². The van der Waals surface area contributed by atoms with Crippen molar-refractivity contribution in [2.24, 2.45) is 10.8 Å². The van der Waals surface area contributed by atoms with Crippen LogP contribution in [0, 0.1) is 10.8 Å². The zero-order chi connectivity index (χ0) is 17.2. The number of hydrogen-bond acceptors (Lipinski definition) is 2. The molecular weight excluding hydrogens is 296 g/mol. The van der Waals surface area contributed by atoms with Crippen molar-refractivity contribution in [1.82, 2.24) is 0 Å². The molecule has 0 amide bonds. The molecular formula is C18H30O3S. The molecule has 1 N–H and O–H groups in total. The molecule has 0 saturated carbocycles. The van der Waals surface area contributed by atoms with Crippen molar-refractivity contribution in [3.63, 3.8) is 0 Å². The Kier molecular flexibility index (Phi) is 5.85. The highest BCUT2D eigenvalue weighted by Crippen LogP contribution is 2.46. The highest BCUT2D eigenvalue weighted by Gasteiger charge is 2.33. The Balaban J connectivity index is 3.22. The molecule has 4 heteroatoms. The predicted molar refractivity (Wildman–Crippen MR) is 91.8 cm³/mol. The highest BCUT2D eigenvalue weighted by molar-refractivity contribution is 7.85. The fraction of sp³-hybridized carbons (Fsp3) is 0.667. The standard InChI is InChI=1S/C18H30O3S/c1-7-17(3,4)13-16(18(5,6)8-2)14-9-11-15(12-10-14)22(19,20)21/h9-12,16H,7-8,13H2,1-6H3,(H,19,20,21). The predicted octanol–water partition coefficient (Wildman–Crippen LogP) is 5.28. The first-order valence-electron chi connectivity index (χ1n) is 8.00. The van der Waals surface area contributed by atoms with Crippen molar-refractivity contribution in [1.29, 1.82) is 0 Å². The zero-order valence-corrected chi connectivity index (χ0v) is 15.5. The van der Waals surface area contributed by atoms with Crippen LogP contribution in [0.4, 0.5) is 0 Å². The van der Waals surface area contributed by atoms with Gasteiger partial charge in [0.05, 0.1) is 4.90 Å². The smallest absolute Gasteiger partial charge is 0.282 e. The van der Waals surface area contributed by atoms with E-state index in [2.05, 4.69) is 41.5 Å². The Bertz CT molecular complexity index is 583. The van der Waals surface area contributed by atoms with Crippen LogP contribution in [-0.4, -0.2) is 13.0 Å². The lowest BCUT2D eigenvalue weighted by Crippen LogP contribution is -2.27. The van der Waals surface area contributed by atoms with Crippen molar-refractivity contribution in [3.05, 3.63) is 29.8 Å². The first-order valence-corrected chi connectivity index (χ1v) is 9.44.